The van der Waals surface area contributed by atoms with E-state index in [0.717, 1.165) is 6.42 Å². The van der Waals surface area contributed by atoms with Crippen molar-refractivity contribution < 1.29 is 14.6 Å². The molecule has 82 valence electrons. The second kappa shape index (κ2) is 6.03. The number of carbonyl (C=O) groups is 1. The van der Waals surface area contributed by atoms with Gasteiger partial charge in [-0.05, 0) is 18.6 Å². The van der Waals surface area contributed by atoms with E-state index in [1.807, 2.05) is 6.92 Å². The van der Waals surface area contributed by atoms with Crippen molar-refractivity contribution in [3.05, 3.63) is 24.3 Å². The lowest BCUT2D eigenvalue weighted by Gasteiger charge is -2.05. The van der Waals surface area contributed by atoms with Crippen LogP contribution in [0.25, 0.3) is 0 Å². The normalized spacial score (nSPS) is 9.93. The zero-order valence-electron chi connectivity index (χ0n) is 8.69. The van der Waals surface area contributed by atoms with Gasteiger partial charge in [0.2, 0.25) is 5.91 Å². The molecule has 0 saturated heterocycles. The van der Waals surface area contributed by atoms with Crippen LogP contribution in [-0.2, 0) is 9.53 Å². The van der Waals surface area contributed by atoms with Crippen LogP contribution >= 0.6 is 0 Å². The van der Waals surface area contributed by atoms with Crippen molar-refractivity contribution in [2.75, 3.05) is 18.5 Å². The Balaban J connectivity index is 2.37. The lowest BCUT2D eigenvalue weighted by atomic mass is 10.3. The van der Waals surface area contributed by atoms with E-state index < -0.39 is 0 Å². The van der Waals surface area contributed by atoms with Crippen LogP contribution in [0.5, 0.6) is 5.75 Å². The first-order valence-electron chi connectivity index (χ1n) is 4.89. The molecule has 15 heavy (non-hydrogen) atoms. The molecule has 1 rings (SSSR count). The van der Waals surface area contributed by atoms with Crippen LogP contribution in [0.4, 0.5) is 5.69 Å². The van der Waals surface area contributed by atoms with E-state index in [1.54, 1.807) is 18.2 Å². The van der Waals surface area contributed by atoms with Crippen molar-refractivity contribution in [3.8, 4) is 5.75 Å². The number of phenolic OH excluding ortho intramolecular Hbond substituents is 1. The molecule has 0 aliphatic carbocycles. The molecular weight excluding hydrogens is 194 g/mol. The van der Waals surface area contributed by atoms with Gasteiger partial charge in [-0.15, -0.1) is 0 Å². The molecule has 4 heteroatoms. The molecule has 1 aromatic rings. The predicted molar refractivity (Wildman–Crippen MR) is 57.8 cm³/mol. The summed E-state index contributed by atoms with van der Waals surface area (Å²) in [7, 11) is 0. The van der Waals surface area contributed by atoms with Gasteiger partial charge < -0.3 is 15.2 Å². The molecule has 0 unspecified atom stereocenters. The molecule has 1 aromatic carbocycles. The topological polar surface area (TPSA) is 58.6 Å². The molecule has 0 radical (unpaired) electrons. The number of aromatic hydroxyl groups is 1. The van der Waals surface area contributed by atoms with E-state index >= 15 is 0 Å². The summed E-state index contributed by atoms with van der Waals surface area (Å²) in [4.78, 5) is 11.3. The average Bonchev–Trinajstić information content (AvgIpc) is 2.18. The monoisotopic (exact) mass is 209 g/mol. The Bertz CT molecular complexity index is 325. The van der Waals surface area contributed by atoms with E-state index in [9.17, 15) is 4.79 Å². The summed E-state index contributed by atoms with van der Waals surface area (Å²) < 4.78 is 5.07. The predicted octanol–water partition coefficient (Wildman–Crippen LogP) is 1.76. The third-order valence-corrected chi connectivity index (χ3v) is 1.71. The first kappa shape index (κ1) is 11.5. The SMILES string of the molecule is CCCOCC(=O)Nc1cccc(O)c1. The van der Waals surface area contributed by atoms with Crippen LogP contribution in [0.15, 0.2) is 24.3 Å². The van der Waals surface area contributed by atoms with E-state index in [-0.39, 0.29) is 18.3 Å². The molecule has 2 N–H and O–H groups in total. The van der Waals surface area contributed by atoms with Crippen molar-refractivity contribution in [2.45, 2.75) is 13.3 Å². The quantitative estimate of drug-likeness (QED) is 0.726. The number of benzene rings is 1. The van der Waals surface area contributed by atoms with Gasteiger partial charge in [0.05, 0.1) is 0 Å². The molecule has 0 spiro atoms. The van der Waals surface area contributed by atoms with Crippen LogP contribution in [0.3, 0.4) is 0 Å². The number of rotatable bonds is 5. The van der Waals surface area contributed by atoms with Gasteiger partial charge in [0.15, 0.2) is 0 Å². The number of nitrogens with one attached hydrogen (secondary N) is 1. The van der Waals surface area contributed by atoms with Gasteiger partial charge in [-0.25, -0.2) is 0 Å². The maximum Gasteiger partial charge on any atom is 0.250 e. The number of ether oxygens (including phenoxy) is 1. The van der Waals surface area contributed by atoms with Gasteiger partial charge in [0, 0.05) is 18.4 Å². The minimum absolute atomic E-state index is 0.0451. The van der Waals surface area contributed by atoms with Crippen LogP contribution in [-0.4, -0.2) is 24.2 Å². The molecule has 0 bridgehead atoms. The van der Waals surface area contributed by atoms with Crippen LogP contribution in [0.1, 0.15) is 13.3 Å². The average molecular weight is 209 g/mol. The third-order valence-electron chi connectivity index (χ3n) is 1.71. The summed E-state index contributed by atoms with van der Waals surface area (Å²) in [5.41, 5.74) is 0.570. The number of hydrogen-bond donors (Lipinski definition) is 2. The highest BCUT2D eigenvalue weighted by atomic mass is 16.5. The number of hydrogen-bond acceptors (Lipinski definition) is 3. The zero-order valence-corrected chi connectivity index (χ0v) is 8.69. The van der Waals surface area contributed by atoms with E-state index in [2.05, 4.69) is 5.32 Å². The summed E-state index contributed by atoms with van der Waals surface area (Å²) >= 11 is 0. The van der Waals surface area contributed by atoms with Crippen LogP contribution in [0, 0.1) is 0 Å². The van der Waals surface area contributed by atoms with Crippen molar-refractivity contribution in [2.24, 2.45) is 0 Å². The smallest absolute Gasteiger partial charge is 0.250 e. The van der Waals surface area contributed by atoms with Gasteiger partial charge in [-0.1, -0.05) is 13.0 Å². The minimum Gasteiger partial charge on any atom is -0.508 e. The Morgan fingerprint density at radius 1 is 1.53 bits per heavy atom. The van der Waals surface area contributed by atoms with Crippen LogP contribution < -0.4 is 5.32 Å². The highest BCUT2D eigenvalue weighted by Crippen LogP contribution is 2.14. The minimum atomic E-state index is -0.214. The van der Waals surface area contributed by atoms with E-state index in [1.165, 1.54) is 6.07 Å². The number of amides is 1. The Kier molecular flexibility index (Phi) is 4.63. The largest absolute Gasteiger partial charge is 0.508 e. The zero-order chi connectivity index (χ0) is 11.1. The van der Waals surface area contributed by atoms with Crippen LogP contribution in [0.2, 0.25) is 0 Å². The maximum atomic E-state index is 11.3. The van der Waals surface area contributed by atoms with Gasteiger partial charge in [0.1, 0.15) is 12.4 Å². The van der Waals surface area contributed by atoms with E-state index in [4.69, 9.17) is 9.84 Å². The fourth-order valence-electron chi connectivity index (χ4n) is 1.09. The highest BCUT2D eigenvalue weighted by Gasteiger charge is 2.02. The van der Waals surface area contributed by atoms with Crippen molar-refractivity contribution >= 4 is 11.6 Å². The highest BCUT2D eigenvalue weighted by molar-refractivity contribution is 5.91. The number of carbonyl (C=O) groups excluding carboxylic acids is 1. The second-order valence-corrected chi connectivity index (χ2v) is 3.15. The summed E-state index contributed by atoms with van der Waals surface area (Å²) in [5, 5.41) is 11.8. The third kappa shape index (κ3) is 4.46. The van der Waals surface area contributed by atoms with Gasteiger partial charge in [0.25, 0.3) is 0 Å². The lowest BCUT2D eigenvalue weighted by molar-refractivity contribution is -0.120. The van der Waals surface area contributed by atoms with Gasteiger partial charge >= 0.3 is 0 Å². The number of anilines is 1. The molecule has 0 aliphatic heterocycles. The summed E-state index contributed by atoms with van der Waals surface area (Å²) in [6, 6.07) is 6.40. The molecule has 0 saturated carbocycles. The maximum absolute atomic E-state index is 11.3. The number of phenols is 1. The molecule has 0 heterocycles. The fourth-order valence-corrected chi connectivity index (χ4v) is 1.09. The second-order valence-electron chi connectivity index (χ2n) is 3.15. The van der Waals surface area contributed by atoms with E-state index in [0.29, 0.717) is 12.3 Å². The van der Waals surface area contributed by atoms with Crippen molar-refractivity contribution in [3.63, 3.8) is 0 Å². The lowest BCUT2D eigenvalue weighted by Crippen LogP contribution is -2.18. The Labute approximate surface area is 88.9 Å². The summed E-state index contributed by atoms with van der Waals surface area (Å²) in [6.07, 6.45) is 0.888. The van der Waals surface area contributed by atoms with Gasteiger partial charge in [-0.2, -0.15) is 0 Å². The first-order valence-corrected chi connectivity index (χ1v) is 4.89. The molecule has 0 aliphatic rings. The molecule has 0 atom stereocenters. The first-order chi connectivity index (χ1) is 7.22. The Morgan fingerprint density at radius 3 is 3.00 bits per heavy atom. The molecule has 0 fully saturated rings. The van der Waals surface area contributed by atoms with Crippen molar-refractivity contribution in [1.82, 2.24) is 0 Å². The Morgan fingerprint density at radius 2 is 2.33 bits per heavy atom. The molecule has 4 nitrogen and oxygen atoms in total. The molecular formula is C11H15NO3. The standard InChI is InChI=1S/C11H15NO3/c1-2-6-15-8-11(14)12-9-4-3-5-10(13)7-9/h3-5,7,13H,2,6,8H2,1H3,(H,12,14). The summed E-state index contributed by atoms with van der Waals surface area (Å²) in [5.74, 6) is -0.0867. The molecule has 1 amide bonds. The van der Waals surface area contributed by atoms with Gasteiger partial charge in [-0.3, -0.25) is 4.79 Å². The fraction of sp³-hybridized carbons (Fsp3) is 0.364. The summed E-state index contributed by atoms with van der Waals surface area (Å²) in [6.45, 7) is 2.60. The molecule has 0 aromatic heterocycles. The Hall–Kier alpha value is -1.55. The van der Waals surface area contributed by atoms with Crippen molar-refractivity contribution in [1.29, 1.82) is 0 Å².